The van der Waals surface area contributed by atoms with E-state index in [0.717, 1.165) is 5.56 Å². The van der Waals surface area contributed by atoms with Crippen LogP contribution in [0.25, 0.3) is 6.08 Å². The average molecular weight is 148 g/mol. The fourth-order valence-corrected chi connectivity index (χ4v) is 0.651. The van der Waals surface area contributed by atoms with Crippen LogP contribution in [0, 0.1) is 6.07 Å². The highest BCUT2D eigenvalue weighted by Gasteiger charge is 1.81. The summed E-state index contributed by atoms with van der Waals surface area (Å²) in [6, 6.07) is 4.72. The van der Waals surface area contributed by atoms with E-state index in [4.69, 9.17) is 4.74 Å². The van der Waals surface area contributed by atoms with Crippen LogP contribution in [0.5, 0.6) is 0 Å². The number of nitrogens with zero attached hydrogens (tertiary/aromatic N) is 1. The predicted octanol–water partition coefficient (Wildman–Crippen LogP) is 1.89. The maximum absolute atomic E-state index is 5.02. The molecule has 0 aromatic carbocycles. The molecule has 1 aromatic rings. The summed E-state index contributed by atoms with van der Waals surface area (Å²) in [6.45, 7) is 2.64. The molecule has 0 spiro atoms. The summed E-state index contributed by atoms with van der Waals surface area (Å²) in [5, 5.41) is 0. The Labute approximate surface area is 66.5 Å². The lowest BCUT2D eigenvalue weighted by Gasteiger charge is -1.92. The van der Waals surface area contributed by atoms with Gasteiger partial charge in [0.1, 0.15) is 0 Å². The molecule has 0 N–H and O–H groups in total. The molecule has 2 nitrogen and oxygen atoms in total. The Bertz CT molecular complexity index is 218. The predicted molar refractivity (Wildman–Crippen MR) is 43.7 cm³/mol. The van der Waals surface area contributed by atoms with Gasteiger partial charge in [0.15, 0.2) is 0 Å². The molecule has 0 saturated heterocycles. The molecular formula is C9H10NO. The van der Waals surface area contributed by atoms with Gasteiger partial charge in [-0.15, -0.1) is 0 Å². The summed E-state index contributed by atoms with van der Waals surface area (Å²) in [6.07, 6.45) is 6.89. The summed E-state index contributed by atoms with van der Waals surface area (Å²) in [7, 11) is 0. The van der Waals surface area contributed by atoms with E-state index in [1.54, 1.807) is 18.7 Å². The van der Waals surface area contributed by atoms with E-state index in [9.17, 15) is 0 Å². The van der Waals surface area contributed by atoms with E-state index in [-0.39, 0.29) is 0 Å². The molecule has 1 rings (SSSR count). The number of hydrogen-bond acceptors (Lipinski definition) is 2. The van der Waals surface area contributed by atoms with E-state index in [1.165, 1.54) is 0 Å². The van der Waals surface area contributed by atoms with Crippen LogP contribution in [0.1, 0.15) is 12.5 Å². The van der Waals surface area contributed by atoms with E-state index in [2.05, 4.69) is 11.1 Å². The number of hydrogen-bond donors (Lipinski definition) is 0. The highest BCUT2D eigenvalue weighted by atomic mass is 16.5. The first-order valence-corrected chi connectivity index (χ1v) is 3.52. The van der Waals surface area contributed by atoms with Crippen molar-refractivity contribution in [1.82, 2.24) is 4.98 Å². The van der Waals surface area contributed by atoms with Crippen LogP contribution in [0.4, 0.5) is 0 Å². The quantitative estimate of drug-likeness (QED) is 0.610. The zero-order valence-electron chi connectivity index (χ0n) is 6.45. The molecule has 57 valence electrons. The van der Waals surface area contributed by atoms with Gasteiger partial charge in [-0.1, -0.05) is 0 Å². The van der Waals surface area contributed by atoms with Crippen LogP contribution in [-0.4, -0.2) is 11.6 Å². The number of pyridine rings is 1. The van der Waals surface area contributed by atoms with E-state index >= 15 is 0 Å². The largest absolute Gasteiger partial charge is 0.501 e. The summed E-state index contributed by atoms with van der Waals surface area (Å²) in [5.74, 6) is 0. The topological polar surface area (TPSA) is 22.1 Å². The zero-order chi connectivity index (χ0) is 7.94. The molecule has 0 aliphatic heterocycles. The van der Waals surface area contributed by atoms with Crippen molar-refractivity contribution in [2.45, 2.75) is 6.92 Å². The molecule has 0 unspecified atom stereocenters. The van der Waals surface area contributed by atoms with Crippen molar-refractivity contribution in [2.75, 3.05) is 6.61 Å². The van der Waals surface area contributed by atoms with Crippen molar-refractivity contribution in [1.29, 1.82) is 0 Å². The second-order valence-corrected chi connectivity index (χ2v) is 1.98. The van der Waals surface area contributed by atoms with E-state index < -0.39 is 0 Å². The summed E-state index contributed by atoms with van der Waals surface area (Å²) >= 11 is 0. The second-order valence-electron chi connectivity index (χ2n) is 1.98. The third-order valence-corrected chi connectivity index (χ3v) is 1.15. The molecule has 1 radical (unpaired) electrons. The Morgan fingerprint density at radius 3 is 3.27 bits per heavy atom. The lowest BCUT2D eigenvalue weighted by atomic mass is 10.3. The maximum Gasteiger partial charge on any atom is 0.0845 e. The van der Waals surface area contributed by atoms with Crippen molar-refractivity contribution < 1.29 is 4.74 Å². The van der Waals surface area contributed by atoms with Gasteiger partial charge in [0.2, 0.25) is 0 Å². The fraction of sp³-hybridized carbons (Fsp3) is 0.222. The highest BCUT2D eigenvalue weighted by molar-refractivity contribution is 5.45. The monoisotopic (exact) mass is 148 g/mol. The number of aromatic nitrogens is 1. The normalized spacial score (nSPS) is 10.3. The first-order chi connectivity index (χ1) is 5.43. The van der Waals surface area contributed by atoms with Crippen molar-refractivity contribution in [3.63, 3.8) is 0 Å². The van der Waals surface area contributed by atoms with Crippen LogP contribution in [-0.2, 0) is 4.74 Å². The van der Waals surface area contributed by atoms with Crippen molar-refractivity contribution in [3.8, 4) is 0 Å². The van der Waals surface area contributed by atoms with Crippen LogP contribution in [0.15, 0.2) is 24.7 Å². The summed E-state index contributed by atoms with van der Waals surface area (Å²) in [5.41, 5.74) is 1.00. The molecule has 0 atom stereocenters. The van der Waals surface area contributed by atoms with Crippen LogP contribution >= 0.6 is 0 Å². The molecule has 1 aromatic heterocycles. The lowest BCUT2D eigenvalue weighted by molar-refractivity contribution is 0.272. The Morgan fingerprint density at radius 1 is 1.73 bits per heavy atom. The molecule has 0 aliphatic rings. The van der Waals surface area contributed by atoms with Crippen LogP contribution < -0.4 is 0 Å². The third-order valence-electron chi connectivity index (χ3n) is 1.15. The first kappa shape index (κ1) is 7.79. The van der Waals surface area contributed by atoms with Gasteiger partial charge in [-0.05, 0) is 24.6 Å². The Balaban J connectivity index is 2.50. The van der Waals surface area contributed by atoms with E-state index in [0.29, 0.717) is 6.61 Å². The summed E-state index contributed by atoms with van der Waals surface area (Å²) < 4.78 is 5.02. The third kappa shape index (κ3) is 2.85. The SMILES string of the molecule is CCOC=Cc1c[c]cnc1. The minimum absolute atomic E-state index is 0.695. The minimum atomic E-state index is 0.695. The van der Waals surface area contributed by atoms with Gasteiger partial charge in [-0.25, -0.2) is 0 Å². The van der Waals surface area contributed by atoms with Gasteiger partial charge in [0.05, 0.1) is 12.9 Å². The van der Waals surface area contributed by atoms with Gasteiger partial charge in [0, 0.05) is 18.5 Å². The number of ether oxygens (including phenoxy) is 1. The Kier molecular flexibility index (Phi) is 3.19. The van der Waals surface area contributed by atoms with Crippen molar-refractivity contribution in [3.05, 3.63) is 36.4 Å². The molecule has 2 heteroatoms. The van der Waals surface area contributed by atoms with Crippen LogP contribution in [0.2, 0.25) is 0 Å². The second kappa shape index (κ2) is 4.50. The average Bonchev–Trinajstić information content (AvgIpc) is 2.07. The molecule has 1 heterocycles. The number of rotatable bonds is 3. The van der Waals surface area contributed by atoms with Crippen molar-refractivity contribution in [2.24, 2.45) is 0 Å². The Morgan fingerprint density at radius 2 is 2.64 bits per heavy atom. The molecule has 0 amide bonds. The molecule has 0 saturated carbocycles. The standard InChI is InChI=1S/C9H10NO/c1-2-11-7-5-9-4-3-6-10-8-9/h4-8H,2H2,1H3. The molecule has 0 fully saturated rings. The maximum atomic E-state index is 5.02. The lowest BCUT2D eigenvalue weighted by Crippen LogP contribution is -1.78. The molecule has 0 bridgehead atoms. The smallest absolute Gasteiger partial charge is 0.0845 e. The van der Waals surface area contributed by atoms with E-state index in [1.807, 2.05) is 19.1 Å². The van der Waals surface area contributed by atoms with Gasteiger partial charge < -0.3 is 4.74 Å². The Hall–Kier alpha value is -1.31. The summed E-state index contributed by atoms with van der Waals surface area (Å²) in [4.78, 5) is 3.90. The van der Waals surface area contributed by atoms with Crippen LogP contribution in [0.3, 0.4) is 0 Å². The van der Waals surface area contributed by atoms with Gasteiger partial charge >= 0.3 is 0 Å². The van der Waals surface area contributed by atoms with Gasteiger partial charge in [-0.2, -0.15) is 0 Å². The molecule has 11 heavy (non-hydrogen) atoms. The van der Waals surface area contributed by atoms with Crippen molar-refractivity contribution >= 4 is 6.08 Å². The minimum Gasteiger partial charge on any atom is -0.501 e. The highest BCUT2D eigenvalue weighted by Crippen LogP contribution is 1.97. The molecular weight excluding hydrogens is 138 g/mol. The zero-order valence-corrected chi connectivity index (χ0v) is 6.45. The molecule has 0 aliphatic carbocycles. The van der Waals surface area contributed by atoms with Gasteiger partial charge in [0.25, 0.3) is 0 Å². The fourth-order valence-electron chi connectivity index (χ4n) is 0.651. The van der Waals surface area contributed by atoms with Gasteiger partial charge in [-0.3, -0.25) is 4.98 Å². The first-order valence-electron chi connectivity index (χ1n) is 3.52.